The van der Waals surface area contributed by atoms with Crippen molar-refractivity contribution >= 4 is 18.4 Å². The van der Waals surface area contributed by atoms with Crippen molar-refractivity contribution < 1.29 is 14.6 Å². The van der Waals surface area contributed by atoms with Crippen LogP contribution in [0.5, 0.6) is 0 Å². The molecular weight excluding hydrogens is 455 g/mol. The number of unbranched alkanes of at least 4 members (excludes halogenated alkanes) is 3. The fourth-order valence-corrected chi connectivity index (χ4v) is 19.5. The number of aliphatic hydroxyl groups excluding tert-OH is 1. The molecule has 28 heavy (non-hydrogen) atoms. The Morgan fingerprint density at radius 3 is 2.07 bits per heavy atom. The van der Waals surface area contributed by atoms with E-state index >= 15 is 0 Å². The van der Waals surface area contributed by atoms with Crippen molar-refractivity contribution in [3.63, 3.8) is 0 Å². The van der Waals surface area contributed by atoms with Crippen molar-refractivity contribution in [1.29, 1.82) is 0 Å². The van der Waals surface area contributed by atoms with Crippen LogP contribution >= 0.6 is 0 Å². The molecule has 0 aromatic rings. The van der Waals surface area contributed by atoms with Gasteiger partial charge in [-0.1, -0.05) is 0 Å². The Labute approximate surface area is 178 Å². The predicted octanol–water partition coefficient (Wildman–Crippen LogP) is 6.47. The molecule has 1 unspecified atom stereocenters. The SMILES string of the molecule is CCC[CH2][Sn](/[CH]=C/[C@@H]1OC2(C)CC[C@@H](CO)[C@@H](O2)[C@H]1C)([CH2]CCC)[CH2]CCC. The Bertz CT molecular complexity index is 459. The number of hydrogen-bond donors (Lipinski definition) is 1. The second-order valence-corrected chi connectivity index (χ2v) is 22.7. The van der Waals surface area contributed by atoms with Crippen LogP contribution in [0.4, 0.5) is 0 Å². The quantitative estimate of drug-likeness (QED) is 0.312. The van der Waals surface area contributed by atoms with E-state index in [4.69, 9.17) is 9.47 Å². The topological polar surface area (TPSA) is 38.7 Å². The molecule has 3 nitrogen and oxygen atoms in total. The van der Waals surface area contributed by atoms with E-state index in [0.29, 0.717) is 5.92 Å². The molecule has 0 saturated carbocycles. The van der Waals surface area contributed by atoms with Crippen LogP contribution in [0.2, 0.25) is 13.3 Å². The summed E-state index contributed by atoms with van der Waals surface area (Å²) < 4.78 is 20.0. The summed E-state index contributed by atoms with van der Waals surface area (Å²) in [5, 5.41) is 9.81. The summed E-state index contributed by atoms with van der Waals surface area (Å²) in [7, 11) is 0. The van der Waals surface area contributed by atoms with E-state index in [1.54, 1.807) is 0 Å². The van der Waals surface area contributed by atoms with Crippen LogP contribution < -0.4 is 0 Å². The van der Waals surface area contributed by atoms with Crippen molar-refractivity contribution in [1.82, 2.24) is 0 Å². The van der Waals surface area contributed by atoms with E-state index in [1.165, 1.54) is 51.8 Å². The third-order valence-corrected chi connectivity index (χ3v) is 21.3. The molecule has 0 aliphatic carbocycles. The van der Waals surface area contributed by atoms with E-state index in [9.17, 15) is 5.11 Å². The maximum absolute atomic E-state index is 9.81. The summed E-state index contributed by atoms with van der Waals surface area (Å²) in [6, 6.07) is 0. The predicted molar refractivity (Wildman–Crippen MR) is 121 cm³/mol. The summed E-state index contributed by atoms with van der Waals surface area (Å²) in [5.74, 6) is 0.109. The molecule has 2 aliphatic heterocycles. The fourth-order valence-electron chi connectivity index (χ4n) is 5.18. The Balaban J connectivity index is 2.20. The molecule has 0 spiro atoms. The van der Waals surface area contributed by atoms with Crippen molar-refractivity contribution in [3.8, 4) is 0 Å². The Morgan fingerprint density at radius 2 is 1.57 bits per heavy atom. The van der Waals surface area contributed by atoms with Gasteiger partial charge in [-0.3, -0.25) is 0 Å². The van der Waals surface area contributed by atoms with Gasteiger partial charge >= 0.3 is 179 Å². The zero-order valence-corrected chi connectivity index (χ0v) is 22.1. The monoisotopic (exact) mass is 502 g/mol. The maximum atomic E-state index is 9.81. The summed E-state index contributed by atoms with van der Waals surface area (Å²) in [6.07, 6.45) is 12.7. The summed E-state index contributed by atoms with van der Waals surface area (Å²) >= 11 is -2.29. The number of ether oxygens (including phenoxy) is 2. The van der Waals surface area contributed by atoms with E-state index in [0.717, 1.165) is 12.8 Å². The zero-order valence-electron chi connectivity index (χ0n) is 19.2. The molecule has 4 heteroatoms. The van der Waals surface area contributed by atoms with Crippen molar-refractivity contribution in [2.24, 2.45) is 11.8 Å². The van der Waals surface area contributed by atoms with Crippen LogP contribution in [0.25, 0.3) is 0 Å². The molecule has 2 rings (SSSR count). The van der Waals surface area contributed by atoms with Crippen LogP contribution in [-0.2, 0) is 9.47 Å². The molecule has 0 radical (unpaired) electrons. The van der Waals surface area contributed by atoms with Crippen LogP contribution in [0, 0.1) is 11.8 Å². The minimum absolute atomic E-state index is 0.124. The van der Waals surface area contributed by atoms with E-state index < -0.39 is 24.2 Å². The molecule has 1 N–H and O–H groups in total. The van der Waals surface area contributed by atoms with Gasteiger partial charge in [-0.15, -0.1) is 0 Å². The van der Waals surface area contributed by atoms with E-state index in [2.05, 4.69) is 44.8 Å². The molecule has 2 heterocycles. The molecule has 2 fully saturated rings. The summed E-state index contributed by atoms with van der Waals surface area (Å²) in [5.41, 5.74) is 0. The van der Waals surface area contributed by atoms with Gasteiger partial charge in [0.2, 0.25) is 0 Å². The van der Waals surface area contributed by atoms with Gasteiger partial charge in [-0.25, -0.2) is 0 Å². The van der Waals surface area contributed by atoms with Crippen LogP contribution in [0.15, 0.2) is 10.2 Å². The number of aliphatic hydroxyl groups is 1. The molecule has 2 saturated heterocycles. The van der Waals surface area contributed by atoms with Gasteiger partial charge in [0.15, 0.2) is 0 Å². The van der Waals surface area contributed by atoms with Crippen LogP contribution in [-0.4, -0.2) is 48.1 Å². The van der Waals surface area contributed by atoms with Crippen LogP contribution in [0.1, 0.15) is 86.0 Å². The first-order chi connectivity index (χ1) is 13.4. The van der Waals surface area contributed by atoms with Crippen molar-refractivity contribution in [2.45, 2.75) is 117 Å². The molecule has 0 aromatic carbocycles. The van der Waals surface area contributed by atoms with Crippen molar-refractivity contribution in [3.05, 3.63) is 10.2 Å². The van der Waals surface area contributed by atoms with Gasteiger partial charge in [0, 0.05) is 0 Å². The molecule has 2 bridgehead atoms. The second kappa shape index (κ2) is 11.7. The Kier molecular flexibility index (Phi) is 10.3. The molecule has 0 amide bonds. The summed E-state index contributed by atoms with van der Waals surface area (Å²) in [4.78, 5) is 0. The van der Waals surface area contributed by atoms with Gasteiger partial charge < -0.3 is 0 Å². The minimum atomic E-state index is -2.29. The van der Waals surface area contributed by atoms with E-state index in [1.807, 2.05) is 0 Å². The zero-order chi connectivity index (χ0) is 20.6. The average molecular weight is 501 g/mol. The van der Waals surface area contributed by atoms with E-state index in [-0.39, 0.29) is 24.7 Å². The third kappa shape index (κ3) is 6.46. The molecule has 5 atom stereocenters. The van der Waals surface area contributed by atoms with Crippen LogP contribution in [0.3, 0.4) is 0 Å². The second-order valence-electron chi connectivity index (χ2n) is 9.67. The van der Waals surface area contributed by atoms with Gasteiger partial charge in [0.05, 0.1) is 0 Å². The Hall–Kier alpha value is 0.419. The number of fused-ring (bicyclic) bond motifs is 2. The molecular formula is C24H46O3Sn. The van der Waals surface area contributed by atoms with Gasteiger partial charge in [0.1, 0.15) is 0 Å². The van der Waals surface area contributed by atoms with Gasteiger partial charge in [-0.05, 0) is 0 Å². The molecule has 2 aliphatic rings. The van der Waals surface area contributed by atoms with Gasteiger partial charge in [0.25, 0.3) is 0 Å². The third-order valence-electron chi connectivity index (χ3n) is 7.20. The van der Waals surface area contributed by atoms with Gasteiger partial charge in [-0.2, -0.15) is 0 Å². The van der Waals surface area contributed by atoms with Crippen molar-refractivity contribution in [2.75, 3.05) is 6.61 Å². The first kappa shape index (κ1) is 24.7. The summed E-state index contributed by atoms with van der Waals surface area (Å²) in [6.45, 7) is 11.6. The number of hydrogen-bond acceptors (Lipinski definition) is 3. The number of rotatable bonds is 12. The normalized spacial score (nSPS) is 33.5. The first-order valence-corrected chi connectivity index (χ1v) is 19.8. The first-order valence-electron chi connectivity index (χ1n) is 12.1. The Morgan fingerprint density at radius 1 is 1.00 bits per heavy atom. The molecule has 164 valence electrons. The average Bonchev–Trinajstić information content (AvgIpc) is 2.70. The standard InChI is InChI=1S/C12H19O3.3C4H9.Sn/c1-4-10-8(2)11-9(7-13)5-6-12(3,14-10)15-11;3*1-3-4-2;/h1,4,8-11,13H,5-7H2,2-3H3;3*1,3-4H2,2H3;/t8-,9-,10-,11-,12?;;;;/m0..../s1. The molecule has 0 aromatic heterocycles. The fraction of sp³-hybridized carbons (Fsp3) is 0.917.